The summed E-state index contributed by atoms with van der Waals surface area (Å²) in [5.74, 6) is 1.10. The van der Waals surface area contributed by atoms with Crippen molar-refractivity contribution in [2.45, 2.75) is 19.1 Å². The van der Waals surface area contributed by atoms with E-state index in [0.29, 0.717) is 30.3 Å². The normalized spacial score (nSPS) is 16.6. The number of fused-ring (bicyclic) bond motifs is 1. The van der Waals surface area contributed by atoms with Gasteiger partial charge in [0.05, 0.1) is 11.0 Å². The molecule has 0 aromatic heterocycles. The third-order valence-electron chi connectivity index (χ3n) is 3.94. The molecule has 1 aliphatic heterocycles. The number of benzene rings is 2. The lowest BCUT2D eigenvalue weighted by Gasteiger charge is -2.27. The molecule has 0 bridgehead atoms. The molecule has 1 heterocycles. The molecule has 2 atom stereocenters. The summed E-state index contributed by atoms with van der Waals surface area (Å²) in [5, 5.41) is 16.5. The van der Waals surface area contributed by atoms with Crippen molar-refractivity contribution in [3.63, 3.8) is 0 Å². The molecule has 1 aliphatic rings. The van der Waals surface area contributed by atoms with E-state index in [4.69, 9.17) is 9.47 Å². The van der Waals surface area contributed by atoms with E-state index in [0.717, 1.165) is 0 Å². The molecule has 8 heteroatoms. The number of nitrogens with one attached hydrogen (secondary N) is 2. The number of carbonyl (C=O) groups excluding carboxylic acids is 1. The topological polar surface area (TPSA) is 103 Å². The number of carbonyl (C=O) groups is 1. The zero-order chi connectivity index (χ0) is 18.5. The maximum absolute atomic E-state index is 12.2. The molecule has 0 fully saturated rings. The minimum Gasteiger partial charge on any atom is -0.486 e. The van der Waals surface area contributed by atoms with Gasteiger partial charge in [-0.3, -0.25) is 14.9 Å². The maximum Gasteiger partial charge on any atom is 0.271 e. The number of nitrogens with zero attached hydrogens (tertiary/aromatic N) is 1. The smallest absolute Gasteiger partial charge is 0.271 e. The van der Waals surface area contributed by atoms with Crippen LogP contribution in [0.4, 0.5) is 11.4 Å². The van der Waals surface area contributed by atoms with Gasteiger partial charge < -0.3 is 20.1 Å². The molecule has 26 heavy (non-hydrogen) atoms. The number of rotatable bonds is 6. The van der Waals surface area contributed by atoms with Crippen LogP contribution in [0.5, 0.6) is 11.5 Å². The van der Waals surface area contributed by atoms with Crippen LogP contribution in [0.3, 0.4) is 0 Å². The van der Waals surface area contributed by atoms with Gasteiger partial charge in [0.1, 0.15) is 12.7 Å². The third kappa shape index (κ3) is 4.28. The molecule has 1 amide bonds. The highest BCUT2D eigenvalue weighted by Gasteiger charge is 2.22. The van der Waals surface area contributed by atoms with Crippen LogP contribution >= 0.6 is 0 Å². The Bertz CT molecular complexity index is 811. The summed E-state index contributed by atoms with van der Waals surface area (Å²) in [4.78, 5) is 22.5. The summed E-state index contributed by atoms with van der Waals surface area (Å²) in [6, 6.07) is 12.7. The Morgan fingerprint density at radius 2 is 2.04 bits per heavy atom. The van der Waals surface area contributed by atoms with Gasteiger partial charge in [-0.1, -0.05) is 18.2 Å². The van der Waals surface area contributed by atoms with Crippen LogP contribution in [0.15, 0.2) is 48.5 Å². The lowest BCUT2D eigenvalue weighted by Crippen LogP contribution is -2.45. The third-order valence-corrected chi connectivity index (χ3v) is 3.94. The standard InChI is InChI=1S/C18H19N3O5/c1-12(18(22)20-13-5-4-6-14(9-13)21(23)24)19-10-15-11-25-16-7-2-3-8-17(16)26-15/h2-9,12,15,19H,10-11H2,1H3,(H,20,22)/t12-,15-/m1/s1. The fraction of sp³-hybridized carbons (Fsp3) is 0.278. The Labute approximate surface area is 150 Å². The van der Waals surface area contributed by atoms with Gasteiger partial charge in [-0.25, -0.2) is 0 Å². The highest BCUT2D eigenvalue weighted by Crippen LogP contribution is 2.30. The molecular formula is C18H19N3O5. The first kappa shape index (κ1) is 17.7. The number of amides is 1. The highest BCUT2D eigenvalue weighted by atomic mass is 16.6. The quantitative estimate of drug-likeness (QED) is 0.608. The summed E-state index contributed by atoms with van der Waals surface area (Å²) in [6.45, 7) is 2.53. The molecule has 2 aromatic rings. The van der Waals surface area contributed by atoms with Gasteiger partial charge in [0.25, 0.3) is 5.69 Å². The first-order valence-electron chi connectivity index (χ1n) is 8.20. The van der Waals surface area contributed by atoms with Gasteiger partial charge in [0, 0.05) is 24.4 Å². The van der Waals surface area contributed by atoms with E-state index in [1.165, 1.54) is 18.2 Å². The molecule has 0 aliphatic carbocycles. The van der Waals surface area contributed by atoms with Crippen molar-refractivity contribution in [1.82, 2.24) is 5.32 Å². The Hall–Kier alpha value is -3.13. The number of para-hydroxylation sites is 2. The summed E-state index contributed by atoms with van der Waals surface area (Å²) < 4.78 is 11.5. The van der Waals surface area contributed by atoms with Crippen LogP contribution in [0, 0.1) is 10.1 Å². The minimum atomic E-state index is -0.505. The first-order chi connectivity index (χ1) is 12.5. The first-order valence-corrected chi connectivity index (χ1v) is 8.20. The monoisotopic (exact) mass is 357 g/mol. The van der Waals surface area contributed by atoms with E-state index in [9.17, 15) is 14.9 Å². The van der Waals surface area contributed by atoms with Crippen LogP contribution < -0.4 is 20.1 Å². The average molecular weight is 357 g/mol. The second kappa shape index (κ2) is 7.83. The van der Waals surface area contributed by atoms with E-state index >= 15 is 0 Å². The summed E-state index contributed by atoms with van der Waals surface area (Å²) in [6.07, 6.45) is -0.210. The average Bonchev–Trinajstić information content (AvgIpc) is 2.66. The molecule has 0 saturated carbocycles. The number of nitro benzene ring substituents is 1. The van der Waals surface area contributed by atoms with Crippen molar-refractivity contribution in [2.75, 3.05) is 18.5 Å². The SMILES string of the molecule is C[C@@H](NC[C@@H]1COc2ccccc2O1)C(=O)Nc1cccc([N+](=O)[O-])c1. The molecule has 2 aromatic carbocycles. The van der Waals surface area contributed by atoms with E-state index in [-0.39, 0.29) is 17.7 Å². The van der Waals surface area contributed by atoms with Crippen LogP contribution in [-0.2, 0) is 4.79 Å². The lowest BCUT2D eigenvalue weighted by molar-refractivity contribution is -0.384. The van der Waals surface area contributed by atoms with E-state index in [1.54, 1.807) is 13.0 Å². The van der Waals surface area contributed by atoms with Gasteiger partial charge in [-0.2, -0.15) is 0 Å². The van der Waals surface area contributed by atoms with E-state index in [1.807, 2.05) is 24.3 Å². The van der Waals surface area contributed by atoms with Crippen molar-refractivity contribution in [2.24, 2.45) is 0 Å². The van der Waals surface area contributed by atoms with Crippen molar-refractivity contribution >= 4 is 17.3 Å². The Kier molecular flexibility index (Phi) is 5.33. The molecule has 0 radical (unpaired) electrons. The minimum absolute atomic E-state index is 0.0742. The Balaban J connectivity index is 1.50. The van der Waals surface area contributed by atoms with Crippen LogP contribution in [0.2, 0.25) is 0 Å². The number of ether oxygens (including phenoxy) is 2. The van der Waals surface area contributed by atoms with E-state index < -0.39 is 11.0 Å². The zero-order valence-electron chi connectivity index (χ0n) is 14.2. The summed E-state index contributed by atoms with van der Waals surface area (Å²) >= 11 is 0. The van der Waals surface area contributed by atoms with Gasteiger partial charge in [-0.15, -0.1) is 0 Å². The van der Waals surface area contributed by atoms with E-state index in [2.05, 4.69) is 10.6 Å². The summed E-state index contributed by atoms with van der Waals surface area (Å²) in [5.41, 5.74) is 0.304. The fourth-order valence-corrected chi connectivity index (χ4v) is 2.51. The fourth-order valence-electron chi connectivity index (χ4n) is 2.51. The molecule has 3 rings (SSSR count). The number of anilines is 1. The predicted octanol–water partition coefficient (Wildman–Crippen LogP) is 2.35. The summed E-state index contributed by atoms with van der Waals surface area (Å²) in [7, 11) is 0. The van der Waals surface area contributed by atoms with Crippen LogP contribution in [0.1, 0.15) is 6.92 Å². The second-order valence-electron chi connectivity index (χ2n) is 5.92. The molecule has 0 saturated heterocycles. The highest BCUT2D eigenvalue weighted by molar-refractivity contribution is 5.94. The molecular weight excluding hydrogens is 338 g/mol. The number of nitro groups is 1. The zero-order valence-corrected chi connectivity index (χ0v) is 14.2. The van der Waals surface area contributed by atoms with Gasteiger partial charge in [0.15, 0.2) is 11.5 Å². The second-order valence-corrected chi connectivity index (χ2v) is 5.92. The van der Waals surface area contributed by atoms with Gasteiger partial charge in [0.2, 0.25) is 5.91 Å². The maximum atomic E-state index is 12.2. The van der Waals surface area contributed by atoms with Crippen molar-refractivity contribution in [3.8, 4) is 11.5 Å². The molecule has 2 N–H and O–H groups in total. The van der Waals surface area contributed by atoms with Crippen molar-refractivity contribution in [3.05, 3.63) is 58.6 Å². The predicted molar refractivity (Wildman–Crippen MR) is 95.5 cm³/mol. The van der Waals surface area contributed by atoms with Gasteiger partial charge in [-0.05, 0) is 25.1 Å². The van der Waals surface area contributed by atoms with Crippen LogP contribution in [-0.4, -0.2) is 36.1 Å². The molecule has 136 valence electrons. The Morgan fingerprint density at radius 3 is 2.81 bits per heavy atom. The van der Waals surface area contributed by atoms with Crippen LogP contribution in [0.25, 0.3) is 0 Å². The molecule has 8 nitrogen and oxygen atoms in total. The lowest BCUT2D eigenvalue weighted by atomic mass is 10.2. The van der Waals surface area contributed by atoms with Crippen molar-refractivity contribution in [1.29, 1.82) is 0 Å². The van der Waals surface area contributed by atoms with Gasteiger partial charge >= 0.3 is 0 Å². The molecule has 0 unspecified atom stereocenters. The number of hydrogen-bond donors (Lipinski definition) is 2. The number of non-ortho nitro benzene ring substituents is 1. The number of hydrogen-bond acceptors (Lipinski definition) is 6. The Morgan fingerprint density at radius 1 is 1.27 bits per heavy atom. The van der Waals surface area contributed by atoms with Crippen molar-refractivity contribution < 1.29 is 19.2 Å². The molecule has 0 spiro atoms. The largest absolute Gasteiger partial charge is 0.486 e.